The first-order valence-electron chi connectivity index (χ1n) is 9.85. The topological polar surface area (TPSA) is 46.6 Å². The van der Waals surface area contributed by atoms with Gasteiger partial charge in [0.15, 0.2) is 0 Å². The van der Waals surface area contributed by atoms with Gasteiger partial charge in [-0.3, -0.25) is 9.59 Å². The van der Waals surface area contributed by atoms with E-state index in [1.54, 1.807) is 21.1 Å². The van der Waals surface area contributed by atoms with E-state index >= 15 is 0 Å². The molecule has 160 valence electrons. The van der Waals surface area contributed by atoms with Crippen molar-refractivity contribution in [3.05, 3.63) is 0 Å². The van der Waals surface area contributed by atoms with Crippen LogP contribution in [0, 0.1) is 5.92 Å². The first kappa shape index (κ1) is 33.4. The zero-order chi connectivity index (χ0) is 21.2. The third-order valence-electron chi connectivity index (χ3n) is 2.81. The Morgan fingerprint density at radius 3 is 1.96 bits per heavy atom. The second kappa shape index (κ2) is 32.5. The van der Waals surface area contributed by atoms with Crippen LogP contribution in [0.2, 0.25) is 0 Å². The fourth-order valence-electron chi connectivity index (χ4n) is 1.57. The zero-order valence-electron chi connectivity index (χ0n) is 18.8. The summed E-state index contributed by atoms with van der Waals surface area (Å²) in [4.78, 5) is 22.4. The van der Waals surface area contributed by atoms with Crippen LogP contribution in [0.1, 0.15) is 74.1 Å². The van der Waals surface area contributed by atoms with Crippen molar-refractivity contribution in [1.82, 2.24) is 4.90 Å². The molecule has 1 fully saturated rings. The van der Waals surface area contributed by atoms with Gasteiger partial charge in [0.2, 0.25) is 6.41 Å². The van der Waals surface area contributed by atoms with E-state index in [0.717, 1.165) is 37.6 Å². The first-order chi connectivity index (χ1) is 12.5. The minimum absolute atomic E-state index is 0.300. The first-order valence-corrected chi connectivity index (χ1v) is 12.3. The van der Waals surface area contributed by atoms with E-state index < -0.39 is 0 Å². The highest BCUT2D eigenvalue weighted by Crippen LogP contribution is 2.22. The third kappa shape index (κ3) is 35.0. The summed E-state index contributed by atoms with van der Waals surface area (Å²) in [7, 11) is 6.95. The maximum Gasteiger partial charge on any atom is 0.209 e. The average molecular weight is 412 g/mol. The summed E-state index contributed by atoms with van der Waals surface area (Å²) in [6.45, 7) is 15.9. The molecule has 26 heavy (non-hydrogen) atoms. The normalized spacial score (nSPS) is 14.2. The van der Waals surface area contributed by atoms with Crippen LogP contribution in [0.3, 0.4) is 0 Å². The molecule has 0 N–H and O–H groups in total. The van der Waals surface area contributed by atoms with Crippen molar-refractivity contribution in [2.45, 2.75) is 74.1 Å². The number of carbonyl (C=O) groups excluding carboxylic acids is 2. The van der Waals surface area contributed by atoms with Crippen LogP contribution in [-0.2, 0) is 14.3 Å². The van der Waals surface area contributed by atoms with Crippen LogP contribution in [0.25, 0.3) is 0 Å². The molecule has 1 rings (SSSR count). The smallest absolute Gasteiger partial charge is 0.209 e. The molecule has 0 radical (unpaired) electrons. The van der Waals surface area contributed by atoms with Gasteiger partial charge in [-0.15, -0.1) is 0 Å². The number of hydrogen-bond acceptors (Lipinski definition) is 5. The predicted molar refractivity (Wildman–Crippen MR) is 122 cm³/mol. The molecule has 0 aliphatic carbocycles. The van der Waals surface area contributed by atoms with Crippen molar-refractivity contribution in [2.24, 2.45) is 5.92 Å². The SMILES string of the molecule is CC.CC.CC1CCN(C=O)C1.CCCCSSCCC(C)=O.COC. The summed E-state index contributed by atoms with van der Waals surface area (Å²) in [5.74, 6) is 3.22. The van der Waals surface area contributed by atoms with Crippen molar-refractivity contribution in [1.29, 1.82) is 0 Å². The van der Waals surface area contributed by atoms with Gasteiger partial charge >= 0.3 is 0 Å². The molecule has 1 aliphatic heterocycles. The number of likely N-dealkylation sites (tertiary alicyclic amines) is 1. The Labute approximate surface area is 172 Å². The summed E-state index contributed by atoms with van der Waals surface area (Å²) in [6.07, 6.45) is 5.39. The molecule has 1 atom stereocenters. The number of ether oxygens (including phenoxy) is 1. The molecular formula is C20H45NO3S2. The molecule has 1 amide bonds. The predicted octanol–water partition coefficient (Wildman–Crippen LogP) is 5.95. The number of ketones is 1. The van der Waals surface area contributed by atoms with Gasteiger partial charge in [0.25, 0.3) is 0 Å². The summed E-state index contributed by atoms with van der Waals surface area (Å²) in [6, 6.07) is 0. The number of methoxy groups -OCH3 is 1. The standard InChI is InChI=1S/C8H16OS2.C6H11NO.C2H6O.2C2H6/c1-3-4-6-10-11-7-5-8(2)9;1-6-2-3-7(4-6)5-8;1-3-2;2*1-2/h3-7H2,1-2H3;5-6H,2-4H2,1H3;1-2H3;2*1-2H3. The Kier molecular flexibility index (Phi) is 41.7. The minimum atomic E-state index is 0.300. The molecule has 1 aliphatic rings. The minimum Gasteiger partial charge on any atom is -0.388 e. The number of amides is 1. The van der Waals surface area contributed by atoms with Crippen LogP contribution < -0.4 is 0 Å². The second-order valence-electron chi connectivity index (χ2n) is 5.35. The van der Waals surface area contributed by atoms with Crippen molar-refractivity contribution in [3.8, 4) is 0 Å². The highest BCUT2D eigenvalue weighted by Gasteiger charge is 2.15. The number of unbranched alkanes of at least 4 members (excludes halogenated alkanes) is 1. The van der Waals surface area contributed by atoms with Gasteiger partial charge in [-0.2, -0.15) is 0 Å². The maximum atomic E-state index is 10.5. The summed E-state index contributed by atoms with van der Waals surface area (Å²) < 4.78 is 4.25. The van der Waals surface area contributed by atoms with E-state index in [4.69, 9.17) is 0 Å². The van der Waals surface area contributed by atoms with Gasteiger partial charge in [0.1, 0.15) is 5.78 Å². The van der Waals surface area contributed by atoms with E-state index in [1.165, 1.54) is 25.0 Å². The molecule has 1 heterocycles. The van der Waals surface area contributed by atoms with Gasteiger partial charge in [0.05, 0.1) is 0 Å². The second-order valence-corrected chi connectivity index (χ2v) is 8.05. The molecule has 0 saturated carbocycles. The van der Waals surface area contributed by atoms with Gasteiger partial charge in [-0.05, 0) is 25.7 Å². The van der Waals surface area contributed by atoms with E-state index in [2.05, 4.69) is 18.6 Å². The van der Waals surface area contributed by atoms with E-state index in [9.17, 15) is 9.59 Å². The van der Waals surface area contributed by atoms with Crippen molar-refractivity contribution in [3.63, 3.8) is 0 Å². The van der Waals surface area contributed by atoms with Gasteiger partial charge in [0, 0.05) is 45.2 Å². The Morgan fingerprint density at radius 2 is 1.65 bits per heavy atom. The molecule has 0 aromatic heterocycles. The van der Waals surface area contributed by atoms with Crippen LogP contribution in [0.4, 0.5) is 0 Å². The lowest BCUT2D eigenvalue weighted by atomic mass is 10.2. The molecule has 6 heteroatoms. The number of Topliss-reactive ketones (excluding diaryl/α,β-unsaturated/α-hetero) is 1. The fraction of sp³-hybridized carbons (Fsp3) is 0.900. The van der Waals surface area contributed by atoms with Gasteiger partial charge < -0.3 is 9.64 Å². The molecular weight excluding hydrogens is 366 g/mol. The van der Waals surface area contributed by atoms with Gasteiger partial charge in [-0.25, -0.2) is 0 Å². The number of rotatable bonds is 8. The molecule has 1 saturated heterocycles. The Balaban J connectivity index is -0.000000141. The highest BCUT2D eigenvalue weighted by atomic mass is 33.1. The zero-order valence-corrected chi connectivity index (χ0v) is 20.4. The van der Waals surface area contributed by atoms with Crippen molar-refractivity contribution < 1.29 is 14.3 Å². The van der Waals surface area contributed by atoms with Crippen LogP contribution in [0.15, 0.2) is 0 Å². The summed E-state index contributed by atoms with van der Waals surface area (Å²) in [5.41, 5.74) is 0. The average Bonchev–Trinajstić information content (AvgIpc) is 3.08. The molecule has 0 spiro atoms. The lowest BCUT2D eigenvalue weighted by molar-refractivity contribution is -0.117. The largest absolute Gasteiger partial charge is 0.388 e. The van der Waals surface area contributed by atoms with E-state index in [-0.39, 0.29) is 0 Å². The molecule has 0 aromatic carbocycles. The highest BCUT2D eigenvalue weighted by molar-refractivity contribution is 8.76. The molecule has 0 bridgehead atoms. The Hall–Kier alpha value is -0.200. The van der Waals surface area contributed by atoms with Crippen LogP contribution >= 0.6 is 21.6 Å². The van der Waals surface area contributed by atoms with Crippen molar-refractivity contribution >= 4 is 33.8 Å². The monoisotopic (exact) mass is 411 g/mol. The number of hydrogen-bond donors (Lipinski definition) is 0. The number of carbonyl (C=O) groups is 2. The molecule has 0 aromatic rings. The van der Waals surface area contributed by atoms with E-state index in [0.29, 0.717) is 5.78 Å². The van der Waals surface area contributed by atoms with Crippen LogP contribution in [-0.4, -0.2) is 55.9 Å². The third-order valence-corrected chi connectivity index (χ3v) is 5.30. The summed E-state index contributed by atoms with van der Waals surface area (Å²) >= 11 is 0. The molecule has 4 nitrogen and oxygen atoms in total. The molecule has 1 unspecified atom stereocenters. The maximum absolute atomic E-state index is 10.5. The van der Waals surface area contributed by atoms with Gasteiger partial charge in [-0.1, -0.05) is 69.6 Å². The lowest BCUT2D eigenvalue weighted by Gasteiger charge is -2.04. The lowest BCUT2D eigenvalue weighted by Crippen LogP contribution is -2.17. The van der Waals surface area contributed by atoms with Crippen molar-refractivity contribution in [2.75, 3.05) is 38.8 Å². The Morgan fingerprint density at radius 1 is 1.15 bits per heavy atom. The quantitative estimate of drug-likeness (QED) is 0.281. The number of nitrogens with zero attached hydrogens (tertiary/aromatic N) is 1. The summed E-state index contributed by atoms with van der Waals surface area (Å²) in [5, 5.41) is 0. The Bertz CT molecular complexity index is 267. The van der Waals surface area contributed by atoms with E-state index in [1.807, 2.05) is 54.2 Å². The van der Waals surface area contributed by atoms with Crippen LogP contribution in [0.5, 0.6) is 0 Å². The fourth-order valence-corrected chi connectivity index (χ4v) is 3.90.